The lowest BCUT2D eigenvalue weighted by atomic mass is 9.33. The smallest absolute Gasteiger partial charge is 0.252 e. The van der Waals surface area contributed by atoms with Gasteiger partial charge in [0.25, 0.3) is 6.71 Å². The first-order valence-electron chi connectivity index (χ1n) is 30.6. The van der Waals surface area contributed by atoms with Crippen LogP contribution in [0.25, 0.3) is 66.8 Å². The molecule has 0 unspecified atom stereocenters. The molecule has 0 aliphatic carbocycles. The predicted octanol–water partition coefficient (Wildman–Crippen LogP) is 21.6. The van der Waals surface area contributed by atoms with E-state index in [1.807, 2.05) is 0 Å². The number of benzene rings is 11. The highest BCUT2D eigenvalue weighted by Crippen LogP contribution is 2.54. The highest BCUT2D eigenvalue weighted by molar-refractivity contribution is 7.00. The Kier molecular flexibility index (Phi) is 14.1. The zero-order valence-electron chi connectivity index (χ0n) is 51.9. The lowest BCUT2D eigenvalue weighted by Gasteiger charge is -2.46. The van der Waals surface area contributed by atoms with E-state index in [0.717, 1.165) is 78.6 Å². The van der Waals surface area contributed by atoms with Gasteiger partial charge in [0, 0.05) is 50.0 Å². The van der Waals surface area contributed by atoms with Gasteiger partial charge in [0.2, 0.25) is 0 Å². The summed E-state index contributed by atoms with van der Waals surface area (Å²) in [6.45, 7) is 27.8. The van der Waals surface area contributed by atoms with Crippen LogP contribution in [0.3, 0.4) is 0 Å². The van der Waals surface area contributed by atoms with Crippen LogP contribution < -0.4 is 26.2 Å². The van der Waals surface area contributed by atoms with Crippen molar-refractivity contribution in [3.05, 3.63) is 270 Å². The third-order valence-electron chi connectivity index (χ3n) is 17.9. The van der Waals surface area contributed by atoms with E-state index in [4.69, 9.17) is 11.6 Å². The van der Waals surface area contributed by atoms with Crippen LogP contribution in [-0.2, 0) is 21.7 Å². The molecule has 0 N–H and O–H groups in total. The number of anilines is 6. The molecular formula is C82H76BClN2. The fourth-order valence-electron chi connectivity index (χ4n) is 13.1. The van der Waals surface area contributed by atoms with Crippen molar-refractivity contribution in [2.24, 2.45) is 0 Å². The van der Waals surface area contributed by atoms with Gasteiger partial charge in [0.05, 0.1) is 11.4 Å². The second-order valence-corrected chi connectivity index (χ2v) is 28.4. The molecule has 11 aromatic carbocycles. The van der Waals surface area contributed by atoms with Gasteiger partial charge in [-0.3, -0.25) is 0 Å². The summed E-state index contributed by atoms with van der Waals surface area (Å²) in [5.41, 5.74) is 29.0. The zero-order valence-corrected chi connectivity index (χ0v) is 52.7. The van der Waals surface area contributed by atoms with E-state index in [0.29, 0.717) is 5.02 Å². The Labute approximate surface area is 516 Å². The quantitative estimate of drug-likeness (QED) is 0.140. The summed E-state index contributed by atoms with van der Waals surface area (Å²) in [6.07, 6.45) is 0. The van der Waals surface area contributed by atoms with E-state index in [9.17, 15) is 0 Å². The number of para-hydroxylation sites is 2. The normalized spacial score (nSPS) is 13.1. The summed E-state index contributed by atoms with van der Waals surface area (Å²) in [5, 5.41) is 0.656. The Morgan fingerprint density at radius 3 is 0.837 bits per heavy atom. The fourth-order valence-corrected chi connectivity index (χ4v) is 13.3. The van der Waals surface area contributed by atoms with Gasteiger partial charge in [-0.05, 0) is 129 Å². The van der Waals surface area contributed by atoms with Gasteiger partial charge in [-0.15, -0.1) is 0 Å². The lowest BCUT2D eigenvalue weighted by molar-refractivity contribution is 0.568. The lowest BCUT2D eigenvalue weighted by Crippen LogP contribution is -2.61. The summed E-state index contributed by atoms with van der Waals surface area (Å²) in [5.74, 6) is 0. The van der Waals surface area contributed by atoms with Crippen LogP contribution in [0, 0.1) is 0 Å². The van der Waals surface area contributed by atoms with Gasteiger partial charge < -0.3 is 9.80 Å². The van der Waals surface area contributed by atoms with Crippen molar-refractivity contribution in [2.45, 2.75) is 105 Å². The Morgan fingerprint density at radius 2 is 0.558 bits per heavy atom. The van der Waals surface area contributed by atoms with Crippen molar-refractivity contribution >= 4 is 68.8 Å². The summed E-state index contributed by atoms with van der Waals surface area (Å²) in [4.78, 5) is 5.18. The van der Waals surface area contributed by atoms with Gasteiger partial charge in [0.15, 0.2) is 0 Å². The average molecular weight is 1140 g/mol. The molecule has 0 radical (unpaired) electrons. The number of fused-ring (bicyclic) bond motifs is 4. The van der Waals surface area contributed by atoms with E-state index < -0.39 is 0 Å². The van der Waals surface area contributed by atoms with E-state index >= 15 is 0 Å². The topological polar surface area (TPSA) is 6.48 Å². The SMILES string of the molecule is CC(C)(C)c1cc(-c2ccc3c(c2)N(c2c(-c4ccccc4)cccc2-c2ccccc2)c2cc(Cl)cc4c2B3c2ccc(-c3cc(C(C)(C)C)cc(C(C)(C)C)c3)cc2N4c2c(-c3ccccc3)cccc2-c2ccccc2)cc(C(C)(C)C)c1. The first-order valence-corrected chi connectivity index (χ1v) is 31.0. The van der Waals surface area contributed by atoms with Crippen molar-refractivity contribution in [3.8, 4) is 66.8 Å². The minimum absolute atomic E-state index is 0.0695. The van der Waals surface area contributed by atoms with Gasteiger partial charge in [-0.2, -0.15) is 0 Å². The minimum Gasteiger partial charge on any atom is -0.310 e. The van der Waals surface area contributed by atoms with Gasteiger partial charge in [-0.1, -0.05) is 313 Å². The number of rotatable bonds is 8. The number of nitrogens with zero attached hydrogens (tertiary/aromatic N) is 2. The highest BCUT2D eigenvalue weighted by Gasteiger charge is 2.45. The Hall–Kier alpha value is -8.63. The standard InChI is InChI=1S/C82H76BClN2/c1-79(2,3)61-43-59(44-62(49-61)80(4,5)6)57-39-41-70-72(47-57)85(77-66(53-27-17-13-18-28-53)35-25-36-67(77)54-29-19-14-20-30-54)74-51-65(84)52-75-76(74)83(70)71-42-40-58(60-45-63(81(7,8)9)50-64(46-60)82(10,11)12)48-73(71)86(75)78-68(55-31-21-15-22-32-55)37-26-38-69(78)56-33-23-16-24-34-56/h13-52H,1-12H3. The summed E-state index contributed by atoms with van der Waals surface area (Å²) < 4.78 is 0. The predicted molar refractivity (Wildman–Crippen MR) is 373 cm³/mol. The first-order chi connectivity index (χ1) is 41.1. The van der Waals surface area contributed by atoms with Crippen LogP contribution in [0.2, 0.25) is 5.02 Å². The van der Waals surface area contributed by atoms with Gasteiger partial charge in [-0.25, -0.2) is 0 Å². The third kappa shape index (κ3) is 10.3. The molecular weight excluding hydrogens is 1060 g/mol. The van der Waals surface area contributed by atoms with Crippen molar-refractivity contribution in [1.82, 2.24) is 0 Å². The van der Waals surface area contributed by atoms with Crippen LogP contribution in [0.4, 0.5) is 34.1 Å². The largest absolute Gasteiger partial charge is 0.310 e. The molecule has 0 fully saturated rings. The maximum Gasteiger partial charge on any atom is 0.252 e. The molecule has 11 aromatic rings. The molecule has 4 heteroatoms. The van der Waals surface area contributed by atoms with E-state index in [1.165, 1.54) is 60.9 Å². The van der Waals surface area contributed by atoms with Crippen molar-refractivity contribution in [1.29, 1.82) is 0 Å². The number of hydrogen-bond donors (Lipinski definition) is 0. The van der Waals surface area contributed by atoms with Crippen LogP contribution in [0.1, 0.15) is 105 Å². The molecule has 0 amide bonds. The van der Waals surface area contributed by atoms with Crippen molar-refractivity contribution in [2.75, 3.05) is 9.80 Å². The molecule has 2 nitrogen and oxygen atoms in total. The maximum atomic E-state index is 7.96. The number of hydrogen-bond acceptors (Lipinski definition) is 2. The zero-order chi connectivity index (χ0) is 60.0. The average Bonchev–Trinajstić information content (AvgIpc) is 0.748. The fraction of sp³-hybridized carbons (Fsp3) is 0.195. The van der Waals surface area contributed by atoms with Crippen LogP contribution >= 0.6 is 11.6 Å². The molecule has 0 saturated carbocycles. The summed E-state index contributed by atoms with van der Waals surface area (Å²) in [6, 6.07) is 91.2. The second kappa shape index (κ2) is 21.4. The first kappa shape index (κ1) is 56.5. The van der Waals surface area contributed by atoms with Crippen molar-refractivity contribution < 1.29 is 0 Å². The van der Waals surface area contributed by atoms with Crippen LogP contribution in [0.15, 0.2) is 243 Å². The minimum atomic E-state index is -0.192. The molecule has 0 bridgehead atoms. The maximum absolute atomic E-state index is 7.96. The van der Waals surface area contributed by atoms with E-state index in [-0.39, 0.29) is 28.4 Å². The van der Waals surface area contributed by atoms with Crippen LogP contribution in [-0.4, -0.2) is 6.71 Å². The summed E-state index contributed by atoms with van der Waals surface area (Å²) >= 11 is 7.96. The van der Waals surface area contributed by atoms with Crippen molar-refractivity contribution in [3.63, 3.8) is 0 Å². The molecule has 0 saturated heterocycles. The third-order valence-corrected chi connectivity index (χ3v) is 18.1. The summed E-state index contributed by atoms with van der Waals surface area (Å²) in [7, 11) is 0. The second-order valence-electron chi connectivity index (χ2n) is 28.0. The Morgan fingerprint density at radius 1 is 0.267 bits per heavy atom. The number of halogens is 1. The molecule has 0 spiro atoms. The molecule has 86 heavy (non-hydrogen) atoms. The Bertz CT molecular complexity index is 3930. The van der Waals surface area contributed by atoms with Gasteiger partial charge in [0.1, 0.15) is 0 Å². The molecule has 0 aromatic heterocycles. The molecule has 2 aliphatic heterocycles. The molecule has 424 valence electrons. The van der Waals surface area contributed by atoms with E-state index in [2.05, 4.69) is 336 Å². The van der Waals surface area contributed by atoms with E-state index in [1.54, 1.807) is 0 Å². The molecule has 2 aliphatic rings. The van der Waals surface area contributed by atoms with Gasteiger partial charge >= 0.3 is 0 Å². The highest BCUT2D eigenvalue weighted by atomic mass is 35.5. The molecule has 13 rings (SSSR count). The Balaban J connectivity index is 1.18. The van der Waals surface area contributed by atoms with Crippen LogP contribution in [0.5, 0.6) is 0 Å². The molecule has 2 heterocycles. The molecule has 0 atom stereocenters. The monoisotopic (exact) mass is 1130 g/mol.